The van der Waals surface area contributed by atoms with Crippen LogP contribution in [0.15, 0.2) is 49.1 Å². The van der Waals surface area contributed by atoms with Gasteiger partial charge in [-0.25, -0.2) is 4.98 Å². The highest BCUT2D eigenvalue weighted by Gasteiger charge is 1.90. The van der Waals surface area contributed by atoms with Crippen LogP contribution in [-0.2, 0) is 0 Å². The molecule has 0 aliphatic rings. The van der Waals surface area contributed by atoms with Crippen LogP contribution in [0.25, 0.3) is 0 Å². The predicted molar refractivity (Wildman–Crippen MR) is 63.8 cm³/mol. The van der Waals surface area contributed by atoms with Gasteiger partial charge in [-0.2, -0.15) is 0 Å². The van der Waals surface area contributed by atoms with Crippen LogP contribution in [0, 0.1) is 6.92 Å². The minimum atomic E-state index is 0.539. The van der Waals surface area contributed by atoms with Gasteiger partial charge >= 0.3 is 0 Å². The second-order valence-corrected chi connectivity index (χ2v) is 3.76. The summed E-state index contributed by atoms with van der Waals surface area (Å²) in [5.41, 5.74) is 1.32. The standard InChI is InChI=1S/C7H8.C6H10N2/c1-7-5-3-2-4-6-7;1-6(2)8-4-3-7-5-8/h2-6H,1H3;3-6H,1-2H3. The molecule has 2 heteroatoms. The third-order valence-corrected chi connectivity index (χ3v) is 2.06. The maximum atomic E-state index is 3.91. The summed E-state index contributed by atoms with van der Waals surface area (Å²) in [6, 6.07) is 10.8. The Bertz CT molecular complexity index is 349. The van der Waals surface area contributed by atoms with Crippen molar-refractivity contribution in [3.8, 4) is 0 Å². The van der Waals surface area contributed by atoms with Gasteiger partial charge in [0, 0.05) is 18.4 Å². The molecule has 0 fully saturated rings. The summed E-state index contributed by atoms with van der Waals surface area (Å²) in [5, 5.41) is 0. The van der Waals surface area contributed by atoms with E-state index in [1.807, 2.05) is 30.7 Å². The van der Waals surface area contributed by atoms with E-state index >= 15 is 0 Å². The van der Waals surface area contributed by atoms with Crippen molar-refractivity contribution in [2.24, 2.45) is 0 Å². The summed E-state index contributed by atoms with van der Waals surface area (Å²) in [7, 11) is 0. The van der Waals surface area contributed by atoms with Gasteiger partial charge in [-0.3, -0.25) is 0 Å². The lowest BCUT2D eigenvalue weighted by atomic mass is 10.2. The molecule has 0 saturated carbocycles. The van der Waals surface area contributed by atoms with Crippen molar-refractivity contribution in [2.75, 3.05) is 0 Å². The summed E-state index contributed by atoms with van der Waals surface area (Å²) in [4.78, 5) is 3.91. The Balaban J connectivity index is 0.000000151. The first kappa shape index (κ1) is 11.5. The molecule has 1 aromatic carbocycles. The van der Waals surface area contributed by atoms with Crippen LogP contribution in [0.2, 0.25) is 0 Å². The molecule has 80 valence electrons. The number of hydrogen-bond donors (Lipinski definition) is 0. The second-order valence-electron chi connectivity index (χ2n) is 3.76. The molecule has 2 rings (SSSR count). The van der Waals surface area contributed by atoms with E-state index in [0.717, 1.165) is 0 Å². The predicted octanol–water partition coefficient (Wildman–Crippen LogP) is 3.46. The molecule has 0 unspecified atom stereocenters. The molecule has 0 atom stereocenters. The Morgan fingerprint density at radius 1 is 1.13 bits per heavy atom. The first-order valence-corrected chi connectivity index (χ1v) is 5.19. The first-order valence-electron chi connectivity index (χ1n) is 5.19. The maximum absolute atomic E-state index is 3.91. The van der Waals surface area contributed by atoms with Crippen LogP contribution in [0.4, 0.5) is 0 Å². The topological polar surface area (TPSA) is 17.8 Å². The molecule has 0 aliphatic heterocycles. The Morgan fingerprint density at radius 3 is 2.07 bits per heavy atom. The number of aryl methyl sites for hydroxylation is 1. The van der Waals surface area contributed by atoms with Crippen LogP contribution in [0.3, 0.4) is 0 Å². The zero-order valence-corrected chi connectivity index (χ0v) is 9.59. The molecule has 1 heterocycles. The highest BCUT2D eigenvalue weighted by Crippen LogP contribution is 1.99. The van der Waals surface area contributed by atoms with Crippen LogP contribution in [0.5, 0.6) is 0 Å². The molecule has 2 nitrogen and oxygen atoms in total. The zero-order chi connectivity index (χ0) is 11.1. The van der Waals surface area contributed by atoms with Gasteiger partial charge < -0.3 is 4.57 Å². The quantitative estimate of drug-likeness (QED) is 0.692. The van der Waals surface area contributed by atoms with Crippen molar-refractivity contribution in [1.82, 2.24) is 9.55 Å². The first-order chi connectivity index (χ1) is 7.20. The second kappa shape index (κ2) is 6.02. The average molecular weight is 202 g/mol. The molecular formula is C13H18N2. The number of imidazole rings is 1. The number of benzene rings is 1. The lowest BCUT2D eigenvalue weighted by Gasteiger charge is -2.02. The summed E-state index contributed by atoms with van der Waals surface area (Å²) in [5.74, 6) is 0. The van der Waals surface area contributed by atoms with E-state index < -0.39 is 0 Å². The highest BCUT2D eigenvalue weighted by molar-refractivity contribution is 5.11. The third kappa shape index (κ3) is 4.45. The normalized spacial score (nSPS) is 9.60. The smallest absolute Gasteiger partial charge is 0.0948 e. The number of rotatable bonds is 1. The van der Waals surface area contributed by atoms with Gasteiger partial charge in [0.05, 0.1) is 6.33 Å². The van der Waals surface area contributed by atoms with Crippen molar-refractivity contribution < 1.29 is 0 Å². The van der Waals surface area contributed by atoms with Gasteiger partial charge in [0.15, 0.2) is 0 Å². The molecular weight excluding hydrogens is 184 g/mol. The monoisotopic (exact) mass is 202 g/mol. The fourth-order valence-corrected chi connectivity index (χ4v) is 1.11. The zero-order valence-electron chi connectivity index (χ0n) is 9.59. The molecule has 0 spiro atoms. The minimum absolute atomic E-state index is 0.539. The van der Waals surface area contributed by atoms with Gasteiger partial charge in [0.2, 0.25) is 0 Å². The Labute approximate surface area is 91.6 Å². The number of nitrogens with zero attached hydrogens (tertiary/aromatic N) is 2. The van der Waals surface area contributed by atoms with Crippen molar-refractivity contribution >= 4 is 0 Å². The molecule has 1 aromatic heterocycles. The van der Waals surface area contributed by atoms with E-state index in [1.165, 1.54) is 5.56 Å². The fraction of sp³-hybridized carbons (Fsp3) is 0.308. The summed E-state index contributed by atoms with van der Waals surface area (Å²) in [6.07, 6.45) is 5.58. The lowest BCUT2D eigenvalue weighted by molar-refractivity contribution is 0.600. The van der Waals surface area contributed by atoms with Gasteiger partial charge in [0.25, 0.3) is 0 Å². The van der Waals surface area contributed by atoms with E-state index in [9.17, 15) is 0 Å². The van der Waals surface area contributed by atoms with E-state index in [4.69, 9.17) is 0 Å². The average Bonchev–Trinajstić information content (AvgIpc) is 2.72. The molecule has 0 bridgehead atoms. The summed E-state index contributed by atoms with van der Waals surface area (Å²) >= 11 is 0. The molecule has 0 amide bonds. The fourth-order valence-electron chi connectivity index (χ4n) is 1.11. The van der Waals surface area contributed by atoms with Crippen LogP contribution in [0.1, 0.15) is 25.5 Å². The Morgan fingerprint density at radius 2 is 1.80 bits per heavy atom. The van der Waals surface area contributed by atoms with E-state index in [1.54, 1.807) is 6.20 Å². The van der Waals surface area contributed by atoms with Gasteiger partial charge in [-0.1, -0.05) is 35.9 Å². The van der Waals surface area contributed by atoms with Gasteiger partial charge in [-0.15, -0.1) is 0 Å². The SMILES string of the molecule is CC(C)n1ccnc1.Cc1ccccc1. The van der Waals surface area contributed by atoms with Crippen LogP contribution < -0.4 is 0 Å². The molecule has 0 aliphatic carbocycles. The summed E-state index contributed by atoms with van der Waals surface area (Å²) < 4.78 is 2.06. The van der Waals surface area contributed by atoms with Crippen molar-refractivity contribution in [1.29, 1.82) is 0 Å². The molecule has 0 radical (unpaired) electrons. The Hall–Kier alpha value is -1.57. The van der Waals surface area contributed by atoms with Crippen molar-refractivity contribution in [2.45, 2.75) is 26.8 Å². The molecule has 2 aromatic rings. The van der Waals surface area contributed by atoms with Gasteiger partial charge in [0.1, 0.15) is 0 Å². The lowest BCUT2D eigenvalue weighted by Crippen LogP contribution is -1.95. The molecule has 0 saturated heterocycles. The maximum Gasteiger partial charge on any atom is 0.0948 e. The molecule has 15 heavy (non-hydrogen) atoms. The number of aromatic nitrogens is 2. The van der Waals surface area contributed by atoms with Crippen LogP contribution >= 0.6 is 0 Å². The minimum Gasteiger partial charge on any atom is -0.335 e. The largest absolute Gasteiger partial charge is 0.335 e. The molecule has 0 N–H and O–H groups in total. The van der Waals surface area contributed by atoms with E-state index in [0.29, 0.717) is 6.04 Å². The third-order valence-electron chi connectivity index (χ3n) is 2.06. The summed E-state index contributed by atoms with van der Waals surface area (Å²) in [6.45, 7) is 6.34. The van der Waals surface area contributed by atoms with E-state index in [2.05, 4.69) is 42.5 Å². The number of hydrogen-bond acceptors (Lipinski definition) is 1. The van der Waals surface area contributed by atoms with Gasteiger partial charge in [-0.05, 0) is 20.8 Å². The van der Waals surface area contributed by atoms with E-state index in [-0.39, 0.29) is 0 Å². The van der Waals surface area contributed by atoms with Crippen LogP contribution in [-0.4, -0.2) is 9.55 Å². The Kier molecular flexibility index (Phi) is 4.61. The van der Waals surface area contributed by atoms with Crippen molar-refractivity contribution in [3.05, 3.63) is 54.6 Å². The van der Waals surface area contributed by atoms with Crippen molar-refractivity contribution in [3.63, 3.8) is 0 Å². The highest BCUT2D eigenvalue weighted by atomic mass is 15.0.